The second-order valence-corrected chi connectivity index (χ2v) is 7.93. The van der Waals surface area contributed by atoms with Gasteiger partial charge in [0.2, 0.25) is 11.8 Å². The minimum Gasteiger partial charge on any atom is -0.493 e. The predicted molar refractivity (Wildman–Crippen MR) is 134 cm³/mol. The van der Waals surface area contributed by atoms with Crippen molar-refractivity contribution < 1.29 is 19.1 Å². The van der Waals surface area contributed by atoms with Crippen molar-refractivity contribution in [3.8, 4) is 17.6 Å². The molecule has 0 heterocycles. The molecule has 0 aromatic heterocycles. The number of nitrogens with zero attached hydrogens (tertiary/aromatic N) is 2. The molecule has 2 amide bonds. The second kappa shape index (κ2) is 12.4. The zero-order chi connectivity index (χ0) is 25.2. The van der Waals surface area contributed by atoms with E-state index < -0.39 is 18.2 Å². The molecule has 8 nitrogen and oxygen atoms in total. The summed E-state index contributed by atoms with van der Waals surface area (Å²) in [4.78, 5) is 24.0. The van der Waals surface area contributed by atoms with Crippen molar-refractivity contribution >= 4 is 46.9 Å². The molecule has 2 N–H and O–H groups in total. The van der Waals surface area contributed by atoms with E-state index in [0.29, 0.717) is 33.3 Å². The number of hydrogen-bond acceptors (Lipinski definition) is 6. The molecule has 0 aliphatic rings. The van der Waals surface area contributed by atoms with E-state index in [9.17, 15) is 14.9 Å². The first kappa shape index (κ1) is 25.6. The Morgan fingerprint density at radius 2 is 1.83 bits per heavy atom. The Morgan fingerprint density at radius 3 is 2.57 bits per heavy atom. The first-order valence-corrected chi connectivity index (χ1v) is 11.0. The lowest BCUT2D eigenvalue weighted by molar-refractivity contribution is -0.126. The maximum absolute atomic E-state index is 12.0. The molecule has 3 rings (SSSR count). The topological polar surface area (TPSA) is 113 Å². The summed E-state index contributed by atoms with van der Waals surface area (Å²) < 4.78 is 11.2. The molecule has 0 aliphatic carbocycles. The van der Waals surface area contributed by atoms with Crippen LogP contribution in [0.1, 0.15) is 23.1 Å². The summed E-state index contributed by atoms with van der Waals surface area (Å²) in [7, 11) is 1.50. The van der Waals surface area contributed by atoms with E-state index in [4.69, 9.17) is 32.7 Å². The number of halogens is 2. The second-order valence-electron chi connectivity index (χ2n) is 7.11. The van der Waals surface area contributed by atoms with Crippen LogP contribution in [-0.4, -0.2) is 25.1 Å². The van der Waals surface area contributed by atoms with E-state index in [2.05, 4.69) is 21.9 Å². The Labute approximate surface area is 212 Å². The summed E-state index contributed by atoms with van der Waals surface area (Å²) in [5, 5.41) is 16.3. The minimum atomic E-state index is -0.595. The molecule has 178 valence electrons. The molecule has 3 aromatic carbocycles. The van der Waals surface area contributed by atoms with Crippen molar-refractivity contribution in [1.29, 1.82) is 5.26 Å². The SMILES string of the molecule is COc1cc(C=NNC(=O)CC(=O)Nc2ccc(Cl)c(Cl)c2)ccc1OCc1ccccc1C#N. The molecular formula is C25H20Cl2N4O4. The Bertz CT molecular complexity index is 1300. The number of amides is 2. The van der Waals surface area contributed by atoms with Gasteiger partial charge in [-0.1, -0.05) is 41.4 Å². The van der Waals surface area contributed by atoms with Gasteiger partial charge in [0, 0.05) is 11.3 Å². The van der Waals surface area contributed by atoms with Crippen LogP contribution in [0.3, 0.4) is 0 Å². The van der Waals surface area contributed by atoms with Gasteiger partial charge in [-0.3, -0.25) is 9.59 Å². The number of hydrazone groups is 1. The molecule has 0 radical (unpaired) electrons. The van der Waals surface area contributed by atoms with Crippen LogP contribution in [0.4, 0.5) is 5.69 Å². The van der Waals surface area contributed by atoms with E-state index >= 15 is 0 Å². The van der Waals surface area contributed by atoms with Crippen molar-refractivity contribution in [2.45, 2.75) is 13.0 Å². The molecule has 0 spiro atoms. The van der Waals surface area contributed by atoms with Crippen LogP contribution < -0.4 is 20.2 Å². The number of methoxy groups -OCH3 is 1. The Morgan fingerprint density at radius 1 is 1.03 bits per heavy atom. The lowest BCUT2D eigenvalue weighted by atomic mass is 10.1. The third kappa shape index (κ3) is 7.47. The average molecular weight is 511 g/mol. The van der Waals surface area contributed by atoms with E-state index in [1.54, 1.807) is 42.5 Å². The highest BCUT2D eigenvalue weighted by molar-refractivity contribution is 6.42. The molecule has 3 aromatic rings. The van der Waals surface area contributed by atoms with E-state index in [1.165, 1.54) is 19.4 Å². The maximum Gasteiger partial charge on any atom is 0.249 e. The molecule has 35 heavy (non-hydrogen) atoms. The summed E-state index contributed by atoms with van der Waals surface area (Å²) in [5.74, 6) is -0.185. The molecular weight excluding hydrogens is 491 g/mol. The minimum absolute atomic E-state index is 0.202. The van der Waals surface area contributed by atoms with Gasteiger partial charge < -0.3 is 14.8 Å². The van der Waals surface area contributed by atoms with Crippen LogP contribution in [0.25, 0.3) is 0 Å². The standard InChI is InChI=1S/C25H20Cl2N4O4/c1-34-23-10-16(6-9-22(23)35-15-18-5-3-2-4-17(18)13-28)14-29-31-25(33)12-24(32)30-19-7-8-20(26)21(27)11-19/h2-11,14H,12,15H2,1H3,(H,30,32)(H,31,33). The van der Waals surface area contributed by atoms with Gasteiger partial charge >= 0.3 is 0 Å². The highest BCUT2D eigenvalue weighted by Gasteiger charge is 2.11. The summed E-state index contributed by atoms with van der Waals surface area (Å²) in [6, 6.07) is 19.0. The van der Waals surface area contributed by atoms with E-state index in [0.717, 1.165) is 5.56 Å². The van der Waals surface area contributed by atoms with Crippen LogP contribution in [0.15, 0.2) is 65.8 Å². The number of benzene rings is 3. The lowest BCUT2D eigenvalue weighted by Crippen LogP contribution is -2.24. The van der Waals surface area contributed by atoms with Crippen LogP contribution in [0.5, 0.6) is 11.5 Å². The molecule has 10 heteroatoms. The number of nitriles is 1. The number of anilines is 1. The molecule has 0 fully saturated rings. The highest BCUT2D eigenvalue weighted by Crippen LogP contribution is 2.29. The van der Waals surface area contributed by atoms with Gasteiger partial charge in [0.15, 0.2) is 11.5 Å². The van der Waals surface area contributed by atoms with Gasteiger partial charge in [0.25, 0.3) is 0 Å². The third-order valence-electron chi connectivity index (χ3n) is 4.64. The average Bonchev–Trinajstić information content (AvgIpc) is 2.85. The van der Waals surface area contributed by atoms with Crippen LogP contribution in [0, 0.1) is 11.3 Å². The summed E-state index contributed by atoms with van der Waals surface area (Å²) in [6.45, 7) is 0.202. The maximum atomic E-state index is 12.0. The Kier molecular flexibility index (Phi) is 9.07. The number of ether oxygens (including phenoxy) is 2. The van der Waals surface area contributed by atoms with Gasteiger partial charge in [-0.05, 0) is 48.0 Å². The summed E-state index contributed by atoms with van der Waals surface area (Å²) in [6.07, 6.45) is 0.976. The molecule has 0 saturated carbocycles. The Hall–Kier alpha value is -4.06. The summed E-state index contributed by atoms with van der Waals surface area (Å²) >= 11 is 11.7. The van der Waals surface area contributed by atoms with Crippen molar-refractivity contribution in [2.24, 2.45) is 5.10 Å². The van der Waals surface area contributed by atoms with Crippen LogP contribution in [-0.2, 0) is 16.2 Å². The molecule has 0 unspecified atom stereocenters. The zero-order valence-corrected chi connectivity index (χ0v) is 20.1. The monoisotopic (exact) mass is 510 g/mol. The molecule has 0 saturated heterocycles. The van der Waals surface area contributed by atoms with Crippen molar-refractivity contribution in [1.82, 2.24) is 5.43 Å². The van der Waals surface area contributed by atoms with Gasteiger partial charge in [-0.15, -0.1) is 0 Å². The smallest absolute Gasteiger partial charge is 0.249 e. The number of carbonyl (C=O) groups excluding carboxylic acids is 2. The van der Waals surface area contributed by atoms with Crippen LogP contribution >= 0.6 is 23.2 Å². The first-order valence-electron chi connectivity index (χ1n) is 10.2. The van der Waals surface area contributed by atoms with Gasteiger partial charge in [0.05, 0.1) is 35.0 Å². The number of carbonyl (C=O) groups is 2. The van der Waals surface area contributed by atoms with E-state index in [1.807, 2.05) is 12.1 Å². The van der Waals surface area contributed by atoms with Crippen molar-refractivity contribution in [2.75, 3.05) is 12.4 Å². The predicted octanol–water partition coefficient (Wildman–Crippen LogP) is 4.93. The fourth-order valence-electron chi connectivity index (χ4n) is 2.94. The number of rotatable bonds is 9. The molecule has 0 bridgehead atoms. The Balaban J connectivity index is 1.53. The molecule has 0 aliphatic heterocycles. The summed E-state index contributed by atoms with van der Waals surface area (Å²) in [5.41, 5.74) is 4.65. The van der Waals surface area contributed by atoms with Crippen molar-refractivity contribution in [3.63, 3.8) is 0 Å². The fourth-order valence-corrected chi connectivity index (χ4v) is 3.24. The van der Waals surface area contributed by atoms with Gasteiger partial charge in [-0.25, -0.2) is 5.43 Å². The number of hydrogen-bond donors (Lipinski definition) is 2. The highest BCUT2D eigenvalue weighted by atomic mass is 35.5. The number of nitrogens with one attached hydrogen (secondary N) is 2. The zero-order valence-electron chi connectivity index (χ0n) is 18.5. The van der Waals surface area contributed by atoms with Gasteiger partial charge in [-0.2, -0.15) is 10.4 Å². The normalized spacial score (nSPS) is 10.5. The fraction of sp³-hybridized carbons (Fsp3) is 0.120. The van der Waals surface area contributed by atoms with Crippen LogP contribution in [0.2, 0.25) is 10.0 Å². The first-order chi connectivity index (χ1) is 16.9. The largest absolute Gasteiger partial charge is 0.493 e. The lowest BCUT2D eigenvalue weighted by Gasteiger charge is -2.12. The van der Waals surface area contributed by atoms with E-state index in [-0.39, 0.29) is 11.6 Å². The quantitative estimate of drug-likeness (QED) is 0.240. The van der Waals surface area contributed by atoms with Gasteiger partial charge in [0.1, 0.15) is 13.0 Å². The van der Waals surface area contributed by atoms with Crippen molar-refractivity contribution in [3.05, 3.63) is 87.4 Å². The molecule has 0 atom stereocenters. The third-order valence-corrected chi connectivity index (χ3v) is 5.38.